The van der Waals surface area contributed by atoms with Crippen LogP contribution in [0.2, 0.25) is 0 Å². The molecule has 150 valence electrons. The Balaban J connectivity index is 1.80. The number of benzene rings is 3. The average Bonchev–Trinajstić information content (AvgIpc) is 2.71. The van der Waals surface area contributed by atoms with E-state index in [0.29, 0.717) is 12.2 Å². The van der Waals surface area contributed by atoms with Crippen LogP contribution in [0.25, 0.3) is 11.1 Å². The van der Waals surface area contributed by atoms with Gasteiger partial charge in [0.05, 0.1) is 12.2 Å². The van der Waals surface area contributed by atoms with Crippen LogP contribution in [0.15, 0.2) is 72.8 Å². The van der Waals surface area contributed by atoms with E-state index in [1.54, 1.807) is 12.1 Å². The summed E-state index contributed by atoms with van der Waals surface area (Å²) in [5.74, 6) is 0.364. The van der Waals surface area contributed by atoms with Crippen LogP contribution in [-0.2, 0) is 18.0 Å². The molecule has 0 amide bonds. The van der Waals surface area contributed by atoms with Crippen molar-refractivity contribution in [2.75, 3.05) is 0 Å². The number of aliphatic hydroxyl groups excluding tert-OH is 1. The molecule has 0 aliphatic rings. The van der Waals surface area contributed by atoms with Gasteiger partial charge in [0.2, 0.25) is 0 Å². The molecule has 0 unspecified atom stereocenters. The number of rotatable bonds is 6. The van der Waals surface area contributed by atoms with Crippen LogP contribution in [-0.4, -0.2) is 16.7 Å². The molecule has 3 rings (SSSR count). The van der Waals surface area contributed by atoms with E-state index in [1.807, 2.05) is 81.4 Å². The smallest absolute Gasteiger partial charge is 0.338 e. The Labute approximate surface area is 171 Å². The van der Waals surface area contributed by atoms with Crippen molar-refractivity contribution in [3.63, 3.8) is 0 Å². The summed E-state index contributed by atoms with van der Waals surface area (Å²) in [4.78, 5) is 12.2. The van der Waals surface area contributed by atoms with Gasteiger partial charge in [0, 0.05) is 0 Å². The molecule has 0 saturated heterocycles. The maximum absolute atomic E-state index is 12.2. The molecule has 0 atom stereocenters. The summed E-state index contributed by atoms with van der Waals surface area (Å²) in [6.07, 6.45) is 0. The van der Waals surface area contributed by atoms with Gasteiger partial charge in [-0.25, -0.2) is 4.79 Å². The Kier molecular flexibility index (Phi) is 6.35. The van der Waals surface area contributed by atoms with E-state index in [1.165, 1.54) is 0 Å². The van der Waals surface area contributed by atoms with Gasteiger partial charge in [-0.2, -0.15) is 0 Å². The Morgan fingerprint density at radius 1 is 0.931 bits per heavy atom. The third-order valence-corrected chi connectivity index (χ3v) is 4.33. The normalized spacial score (nSPS) is 11.2. The molecule has 0 saturated carbocycles. The van der Waals surface area contributed by atoms with Gasteiger partial charge in [0.25, 0.3) is 0 Å². The van der Waals surface area contributed by atoms with Gasteiger partial charge in [-0.1, -0.05) is 48.5 Å². The summed E-state index contributed by atoms with van der Waals surface area (Å²) in [5.41, 5.74) is 3.60. The molecular formula is C25H26O4. The van der Waals surface area contributed by atoms with Crippen molar-refractivity contribution < 1.29 is 19.4 Å². The first-order valence-corrected chi connectivity index (χ1v) is 9.60. The number of hydrogen-bond donors (Lipinski definition) is 1. The van der Waals surface area contributed by atoms with Gasteiger partial charge >= 0.3 is 5.97 Å². The van der Waals surface area contributed by atoms with Crippen molar-refractivity contribution in [1.82, 2.24) is 0 Å². The average molecular weight is 390 g/mol. The summed E-state index contributed by atoms with van der Waals surface area (Å²) >= 11 is 0. The maximum atomic E-state index is 12.2. The molecule has 1 N–H and O–H groups in total. The molecule has 0 spiro atoms. The first kappa shape index (κ1) is 20.6. The fourth-order valence-corrected chi connectivity index (χ4v) is 2.92. The van der Waals surface area contributed by atoms with Gasteiger partial charge in [-0.05, 0) is 67.3 Å². The molecule has 0 radical (unpaired) electrons. The van der Waals surface area contributed by atoms with Gasteiger partial charge in [0.15, 0.2) is 0 Å². The Hall–Kier alpha value is -3.11. The van der Waals surface area contributed by atoms with Crippen LogP contribution < -0.4 is 4.74 Å². The van der Waals surface area contributed by atoms with Crippen LogP contribution in [0.3, 0.4) is 0 Å². The molecular weight excluding hydrogens is 364 g/mol. The summed E-state index contributed by atoms with van der Waals surface area (Å²) < 4.78 is 11.3. The standard InChI is InChI=1S/C25H26O4/c1-25(2,3)29-24(27)20-11-9-19(10-12-20)23-15-22(14-13-21(23)16-26)28-17-18-7-5-4-6-8-18/h4-15,26H,16-17H2,1-3H3. The molecule has 0 bridgehead atoms. The first-order valence-electron chi connectivity index (χ1n) is 9.60. The van der Waals surface area contributed by atoms with Crippen LogP contribution in [0, 0.1) is 0 Å². The molecule has 0 fully saturated rings. The molecule has 29 heavy (non-hydrogen) atoms. The highest BCUT2D eigenvalue weighted by Crippen LogP contribution is 2.29. The van der Waals surface area contributed by atoms with E-state index in [0.717, 1.165) is 28.0 Å². The van der Waals surface area contributed by atoms with Crippen molar-refractivity contribution in [1.29, 1.82) is 0 Å². The lowest BCUT2D eigenvalue weighted by Crippen LogP contribution is -2.23. The molecule has 3 aromatic rings. The second-order valence-electron chi connectivity index (χ2n) is 7.83. The Morgan fingerprint density at radius 3 is 2.24 bits per heavy atom. The van der Waals surface area contributed by atoms with Gasteiger partial charge in [-0.3, -0.25) is 0 Å². The van der Waals surface area contributed by atoms with Crippen molar-refractivity contribution >= 4 is 5.97 Å². The second-order valence-corrected chi connectivity index (χ2v) is 7.83. The minimum atomic E-state index is -0.537. The monoisotopic (exact) mass is 390 g/mol. The van der Waals surface area contributed by atoms with E-state index < -0.39 is 5.60 Å². The van der Waals surface area contributed by atoms with Gasteiger partial charge in [0.1, 0.15) is 18.0 Å². The predicted molar refractivity (Wildman–Crippen MR) is 114 cm³/mol. The van der Waals surface area contributed by atoms with Crippen LogP contribution in [0.4, 0.5) is 0 Å². The molecule has 4 nitrogen and oxygen atoms in total. The molecule has 4 heteroatoms. The summed E-state index contributed by atoms with van der Waals surface area (Å²) in [6.45, 7) is 5.91. The van der Waals surface area contributed by atoms with Crippen molar-refractivity contribution in [3.05, 3.63) is 89.5 Å². The summed E-state index contributed by atoms with van der Waals surface area (Å²) in [5, 5.41) is 9.73. The zero-order valence-corrected chi connectivity index (χ0v) is 17.0. The van der Waals surface area contributed by atoms with Crippen molar-refractivity contribution in [3.8, 4) is 16.9 Å². The predicted octanol–water partition coefficient (Wildman–Crippen LogP) is 5.38. The number of esters is 1. The lowest BCUT2D eigenvalue weighted by Gasteiger charge is -2.19. The quantitative estimate of drug-likeness (QED) is 0.574. The number of carbonyl (C=O) groups excluding carboxylic acids is 1. The number of ether oxygens (including phenoxy) is 2. The second kappa shape index (κ2) is 8.93. The SMILES string of the molecule is CC(C)(C)OC(=O)c1ccc(-c2cc(OCc3ccccc3)ccc2CO)cc1. The lowest BCUT2D eigenvalue weighted by atomic mass is 9.98. The number of carbonyl (C=O) groups is 1. The fourth-order valence-electron chi connectivity index (χ4n) is 2.92. The zero-order chi connectivity index (χ0) is 20.9. The van der Waals surface area contributed by atoms with E-state index in [9.17, 15) is 9.90 Å². The fraction of sp³-hybridized carbons (Fsp3) is 0.240. The highest BCUT2D eigenvalue weighted by molar-refractivity contribution is 5.90. The van der Waals surface area contributed by atoms with E-state index in [-0.39, 0.29) is 12.6 Å². The van der Waals surface area contributed by atoms with Crippen molar-refractivity contribution in [2.45, 2.75) is 39.6 Å². The first-order chi connectivity index (χ1) is 13.9. The Morgan fingerprint density at radius 2 is 1.62 bits per heavy atom. The van der Waals surface area contributed by atoms with Crippen molar-refractivity contribution in [2.24, 2.45) is 0 Å². The van der Waals surface area contributed by atoms with Gasteiger partial charge in [-0.15, -0.1) is 0 Å². The molecule has 3 aromatic carbocycles. The minimum Gasteiger partial charge on any atom is -0.489 e. The Bertz CT molecular complexity index is 954. The van der Waals surface area contributed by atoms with E-state index in [4.69, 9.17) is 9.47 Å². The highest BCUT2D eigenvalue weighted by atomic mass is 16.6. The summed E-state index contributed by atoms with van der Waals surface area (Å²) in [7, 11) is 0. The number of aliphatic hydroxyl groups is 1. The van der Waals surface area contributed by atoms with E-state index >= 15 is 0 Å². The molecule has 0 aliphatic carbocycles. The lowest BCUT2D eigenvalue weighted by molar-refractivity contribution is 0.00695. The van der Waals surface area contributed by atoms with Crippen LogP contribution >= 0.6 is 0 Å². The number of hydrogen-bond acceptors (Lipinski definition) is 4. The molecule has 0 aliphatic heterocycles. The van der Waals surface area contributed by atoms with E-state index in [2.05, 4.69) is 0 Å². The zero-order valence-electron chi connectivity index (χ0n) is 17.0. The minimum absolute atomic E-state index is 0.0812. The van der Waals surface area contributed by atoms with Crippen LogP contribution in [0.1, 0.15) is 42.3 Å². The molecule has 0 heterocycles. The highest BCUT2D eigenvalue weighted by Gasteiger charge is 2.18. The topological polar surface area (TPSA) is 55.8 Å². The van der Waals surface area contributed by atoms with Gasteiger partial charge < -0.3 is 14.6 Å². The third-order valence-electron chi connectivity index (χ3n) is 4.33. The third kappa shape index (κ3) is 5.69. The maximum Gasteiger partial charge on any atom is 0.338 e. The molecule has 0 aromatic heterocycles. The van der Waals surface area contributed by atoms with Crippen LogP contribution in [0.5, 0.6) is 5.75 Å². The summed E-state index contributed by atoms with van der Waals surface area (Å²) in [6, 6.07) is 22.8. The largest absolute Gasteiger partial charge is 0.489 e.